The minimum Gasteiger partial charge on any atom is -0.488 e. The maximum atomic E-state index is 13.1. The van der Waals surface area contributed by atoms with Gasteiger partial charge in [-0.25, -0.2) is 8.42 Å². The molecular weight excluding hydrogens is 516 g/mol. The number of aliphatic hydroxyl groups is 1. The number of aromatic nitrogens is 1. The molecule has 1 aromatic heterocycles. The van der Waals surface area contributed by atoms with Gasteiger partial charge in [-0.3, -0.25) is 0 Å². The number of piperazine rings is 1. The van der Waals surface area contributed by atoms with Crippen LogP contribution in [0.4, 0.5) is 0 Å². The molecule has 3 N–H and O–H groups in total. The van der Waals surface area contributed by atoms with Crippen LogP contribution < -0.4 is 14.8 Å². The predicted molar refractivity (Wildman–Crippen MR) is 151 cm³/mol. The van der Waals surface area contributed by atoms with Crippen LogP contribution in [0.25, 0.3) is 17.0 Å². The number of aromatic amines is 1. The molecule has 5 rings (SSSR count). The third kappa shape index (κ3) is 6.30. The highest BCUT2D eigenvalue weighted by atomic mass is 32.2. The summed E-state index contributed by atoms with van der Waals surface area (Å²) in [7, 11) is -1.56. The Morgan fingerprint density at radius 3 is 2.33 bits per heavy atom. The smallest absolute Gasteiger partial charge is 0.243 e. The van der Waals surface area contributed by atoms with E-state index in [-0.39, 0.29) is 17.6 Å². The van der Waals surface area contributed by atoms with Crippen LogP contribution in [-0.4, -0.2) is 79.7 Å². The number of aliphatic hydroxyl groups excluding tert-OH is 1. The van der Waals surface area contributed by atoms with Crippen molar-refractivity contribution in [1.29, 1.82) is 0 Å². The molecule has 0 radical (unpaired) electrons. The van der Waals surface area contributed by atoms with E-state index in [2.05, 4.69) is 28.2 Å². The van der Waals surface area contributed by atoms with Gasteiger partial charge >= 0.3 is 0 Å². The lowest BCUT2D eigenvalue weighted by Crippen LogP contribution is -2.46. The molecule has 10 heteroatoms. The van der Waals surface area contributed by atoms with Crippen LogP contribution in [0.5, 0.6) is 17.2 Å². The van der Waals surface area contributed by atoms with Gasteiger partial charge in [-0.1, -0.05) is 6.08 Å². The Kier molecular flexibility index (Phi) is 7.99. The van der Waals surface area contributed by atoms with E-state index < -0.39 is 10.0 Å². The lowest BCUT2D eigenvalue weighted by molar-refractivity contribution is 0.129. The molecule has 2 aliphatic rings. The summed E-state index contributed by atoms with van der Waals surface area (Å²) < 4.78 is 39.7. The van der Waals surface area contributed by atoms with Gasteiger partial charge in [-0.15, -0.1) is 0 Å². The van der Waals surface area contributed by atoms with Crippen molar-refractivity contribution in [1.82, 2.24) is 19.5 Å². The van der Waals surface area contributed by atoms with Crippen LogP contribution in [0.3, 0.4) is 0 Å². The molecule has 39 heavy (non-hydrogen) atoms. The SMILES string of the molecule is C[C@H]1CC=C(c2ccc(-c3cc(Oc4ccc(S(=O)(=O)N5CCN(C)CC5)cc4)cc(O[C@@H](C)CO)c3)[nH]2)N1. The van der Waals surface area contributed by atoms with Crippen molar-refractivity contribution in [3.8, 4) is 28.5 Å². The Balaban J connectivity index is 1.38. The largest absolute Gasteiger partial charge is 0.488 e. The van der Waals surface area contributed by atoms with E-state index in [1.165, 1.54) is 4.31 Å². The number of likely N-dealkylation sites (N-methyl/N-ethyl adjacent to an activating group) is 1. The standard InChI is InChI=1S/C29H36N4O5S/c1-20-4-9-28(30-20)29-11-10-27(31-29)22-16-24(37-21(2)19-34)18-25(17-22)38-23-5-7-26(8-6-23)39(35,36)33-14-12-32(3)13-15-33/h5-11,16-18,20-21,30-31,34H,4,12-15,19H2,1-3H3/t20-,21-/m0/s1. The maximum absolute atomic E-state index is 13.1. The second-order valence-electron chi connectivity index (χ2n) is 10.3. The fourth-order valence-electron chi connectivity index (χ4n) is 4.70. The summed E-state index contributed by atoms with van der Waals surface area (Å²) in [4.78, 5) is 5.84. The van der Waals surface area contributed by atoms with Gasteiger partial charge in [0.05, 0.1) is 22.9 Å². The van der Waals surface area contributed by atoms with Crippen molar-refractivity contribution in [2.75, 3.05) is 39.8 Å². The molecule has 208 valence electrons. The van der Waals surface area contributed by atoms with E-state index in [0.717, 1.165) is 29.1 Å². The molecule has 1 fully saturated rings. The maximum Gasteiger partial charge on any atom is 0.243 e. The Bertz CT molecular complexity index is 1430. The zero-order chi connectivity index (χ0) is 27.6. The second-order valence-corrected chi connectivity index (χ2v) is 12.2. The first kappa shape index (κ1) is 27.3. The van der Waals surface area contributed by atoms with E-state index in [4.69, 9.17) is 9.47 Å². The van der Waals surface area contributed by atoms with Crippen LogP contribution in [0.2, 0.25) is 0 Å². The quantitative estimate of drug-likeness (QED) is 0.370. The Morgan fingerprint density at radius 1 is 0.974 bits per heavy atom. The fourth-order valence-corrected chi connectivity index (χ4v) is 6.13. The van der Waals surface area contributed by atoms with E-state index in [1.54, 1.807) is 37.3 Å². The van der Waals surface area contributed by atoms with Crippen LogP contribution in [0, 0.1) is 0 Å². The third-order valence-electron chi connectivity index (χ3n) is 7.00. The average molecular weight is 553 g/mol. The Hall–Kier alpha value is -3.31. The van der Waals surface area contributed by atoms with Gasteiger partial charge in [0, 0.05) is 49.5 Å². The fraction of sp³-hybridized carbons (Fsp3) is 0.379. The summed E-state index contributed by atoms with van der Waals surface area (Å²) in [6.07, 6.45) is 2.78. The van der Waals surface area contributed by atoms with E-state index >= 15 is 0 Å². The van der Waals surface area contributed by atoms with E-state index in [9.17, 15) is 13.5 Å². The van der Waals surface area contributed by atoms with Crippen molar-refractivity contribution in [3.05, 3.63) is 66.4 Å². The molecule has 1 saturated heterocycles. The highest BCUT2D eigenvalue weighted by Crippen LogP contribution is 2.34. The Morgan fingerprint density at radius 2 is 1.67 bits per heavy atom. The number of nitrogens with zero attached hydrogens (tertiary/aromatic N) is 2. The van der Waals surface area contributed by atoms with Crippen LogP contribution >= 0.6 is 0 Å². The lowest BCUT2D eigenvalue weighted by Gasteiger charge is -2.31. The Labute approximate surface area is 230 Å². The molecule has 3 aromatic rings. The molecule has 3 heterocycles. The topological polar surface area (TPSA) is 107 Å². The van der Waals surface area contributed by atoms with Gasteiger partial charge in [0.2, 0.25) is 10.0 Å². The van der Waals surface area contributed by atoms with E-state index in [0.29, 0.717) is 49.5 Å². The zero-order valence-corrected chi connectivity index (χ0v) is 23.4. The number of sulfonamides is 1. The molecule has 0 bridgehead atoms. The van der Waals surface area contributed by atoms with Crippen molar-refractivity contribution < 1.29 is 23.0 Å². The highest BCUT2D eigenvalue weighted by molar-refractivity contribution is 7.89. The summed E-state index contributed by atoms with van der Waals surface area (Å²) in [6, 6.07) is 16.5. The van der Waals surface area contributed by atoms with Crippen molar-refractivity contribution in [2.24, 2.45) is 0 Å². The van der Waals surface area contributed by atoms with Crippen LogP contribution in [0.1, 0.15) is 26.0 Å². The van der Waals surface area contributed by atoms with Gasteiger partial charge in [0.15, 0.2) is 0 Å². The minimum absolute atomic E-state index is 0.117. The molecule has 0 saturated carbocycles. The summed E-state index contributed by atoms with van der Waals surface area (Å²) in [5.74, 6) is 1.60. The molecular formula is C29H36N4O5S. The summed E-state index contributed by atoms with van der Waals surface area (Å²) in [5, 5.41) is 13.0. The second kappa shape index (κ2) is 11.4. The molecule has 0 spiro atoms. The van der Waals surface area contributed by atoms with Crippen molar-refractivity contribution in [2.45, 2.75) is 37.3 Å². The number of ether oxygens (including phenoxy) is 2. The molecule has 0 amide bonds. The van der Waals surface area contributed by atoms with Gasteiger partial charge in [0.1, 0.15) is 23.4 Å². The van der Waals surface area contributed by atoms with E-state index in [1.807, 2.05) is 31.3 Å². The van der Waals surface area contributed by atoms with Crippen molar-refractivity contribution >= 4 is 15.7 Å². The molecule has 2 aromatic carbocycles. The third-order valence-corrected chi connectivity index (χ3v) is 8.91. The number of nitrogens with one attached hydrogen (secondary N) is 2. The number of hydrogen-bond acceptors (Lipinski definition) is 7. The van der Waals surface area contributed by atoms with Gasteiger partial charge in [-0.05, 0) is 75.8 Å². The molecule has 2 atom stereocenters. The number of benzene rings is 2. The first-order valence-electron chi connectivity index (χ1n) is 13.3. The van der Waals surface area contributed by atoms with Crippen molar-refractivity contribution in [3.63, 3.8) is 0 Å². The van der Waals surface area contributed by atoms with Crippen LogP contribution in [0.15, 0.2) is 65.6 Å². The summed E-state index contributed by atoms with van der Waals surface area (Å²) >= 11 is 0. The average Bonchev–Trinajstić information content (AvgIpc) is 3.58. The molecule has 2 aliphatic heterocycles. The predicted octanol–water partition coefficient (Wildman–Crippen LogP) is 3.89. The molecule has 9 nitrogen and oxygen atoms in total. The highest BCUT2D eigenvalue weighted by Gasteiger charge is 2.27. The minimum atomic E-state index is -3.56. The number of rotatable bonds is 9. The first-order valence-corrected chi connectivity index (χ1v) is 14.7. The van der Waals surface area contributed by atoms with Gasteiger partial charge in [0.25, 0.3) is 0 Å². The zero-order valence-electron chi connectivity index (χ0n) is 22.6. The number of H-pyrrole nitrogens is 1. The molecule has 0 aliphatic carbocycles. The van der Waals surface area contributed by atoms with Gasteiger partial charge in [-0.2, -0.15) is 4.31 Å². The summed E-state index contributed by atoms with van der Waals surface area (Å²) in [6.45, 7) is 6.20. The number of hydrogen-bond donors (Lipinski definition) is 3. The van der Waals surface area contributed by atoms with Crippen LogP contribution in [-0.2, 0) is 10.0 Å². The normalized spacial score (nSPS) is 19.4. The summed E-state index contributed by atoms with van der Waals surface area (Å²) in [5.41, 5.74) is 3.84. The lowest BCUT2D eigenvalue weighted by atomic mass is 10.1. The monoisotopic (exact) mass is 552 g/mol. The van der Waals surface area contributed by atoms with Gasteiger partial charge < -0.3 is 29.8 Å². The first-order chi connectivity index (χ1) is 18.7. The molecule has 0 unspecified atom stereocenters.